The lowest BCUT2D eigenvalue weighted by Gasteiger charge is -2.29. The monoisotopic (exact) mass is 355 g/mol. The van der Waals surface area contributed by atoms with E-state index >= 15 is 0 Å². The summed E-state index contributed by atoms with van der Waals surface area (Å²) in [6, 6.07) is 8.62. The number of benzene rings is 1. The standard InChI is InChI=1S/C17H25NO5S/c1-5-17(15(20)21,13-9-7-6-8-10-13)12-18-14(19)11-24(22,23)16(2,3)4/h6-10H,5,11-12H2,1-4H3,(H,18,19)(H,20,21). The highest BCUT2D eigenvalue weighted by molar-refractivity contribution is 7.93. The molecule has 0 saturated heterocycles. The molecule has 0 heterocycles. The zero-order chi connectivity index (χ0) is 18.6. The van der Waals surface area contributed by atoms with Gasteiger partial charge in [-0.1, -0.05) is 37.3 Å². The van der Waals surface area contributed by atoms with Crippen LogP contribution in [0.4, 0.5) is 0 Å². The molecular weight excluding hydrogens is 330 g/mol. The molecule has 0 aromatic heterocycles. The predicted octanol–water partition coefficient (Wildman–Crippen LogP) is 1.75. The number of carboxylic acid groups (broad SMARTS) is 1. The Morgan fingerprint density at radius 1 is 1.12 bits per heavy atom. The Kier molecular flexibility index (Phi) is 6.16. The number of aliphatic carboxylic acids is 1. The number of rotatable bonds is 7. The van der Waals surface area contributed by atoms with E-state index in [0.29, 0.717) is 5.56 Å². The van der Waals surface area contributed by atoms with E-state index in [2.05, 4.69) is 5.32 Å². The van der Waals surface area contributed by atoms with Crippen LogP contribution in [0, 0.1) is 0 Å². The summed E-state index contributed by atoms with van der Waals surface area (Å²) in [6.45, 7) is 6.12. The number of carbonyl (C=O) groups excluding carboxylic acids is 1. The lowest BCUT2D eigenvalue weighted by Crippen LogP contribution is -2.48. The third kappa shape index (κ3) is 4.35. The molecule has 0 aliphatic heterocycles. The fraction of sp³-hybridized carbons (Fsp3) is 0.529. The van der Waals surface area contributed by atoms with Crippen LogP contribution in [-0.2, 0) is 24.8 Å². The summed E-state index contributed by atoms with van der Waals surface area (Å²) in [7, 11) is -3.62. The van der Waals surface area contributed by atoms with Crippen molar-refractivity contribution in [2.24, 2.45) is 0 Å². The van der Waals surface area contributed by atoms with Crippen molar-refractivity contribution in [3.05, 3.63) is 35.9 Å². The van der Waals surface area contributed by atoms with Crippen molar-refractivity contribution in [1.82, 2.24) is 5.32 Å². The van der Waals surface area contributed by atoms with Gasteiger partial charge >= 0.3 is 5.97 Å². The van der Waals surface area contributed by atoms with E-state index in [9.17, 15) is 23.1 Å². The van der Waals surface area contributed by atoms with Crippen molar-refractivity contribution < 1.29 is 23.1 Å². The van der Waals surface area contributed by atoms with Crippen LogP contribution in [0.2, 0.25) is 0 Å². The Morgan fingerprint density at radius 2 is 1.67 bits per heavy atom. The van der Waals surface area contributed by atoms with E-state index in [1.165, 1.54) is 20.8 Å². The van der Waals surface area contributed by atoms with Crippen molar-refractivity contribution in [2.45, 2.75) is 44.3 Å². The van der Waals surface area contributed by atoms with Crippen LogP contribution >= 0.6 is 0 Å². The van der Waals surface area contributed by atoms with Gasteiger partial charge in [-0.2, -0.15) is 0 Å². The molecule has 0 aliphatic carbocycles. The van der Waals surface area contributed by atoms with Gasteiger partial charge in [-0.15, -0.1) is 0 Å². The van der Waals surface area contributed by atoms with Crippen molar-refractivity contribution in [3.8, 4) is 0 Å². The van der Waals surface area contributed by atoms with E-state index in [1.807, 2.05) is 0 Å². The normalized spacial score (nSPS) is 14.7. The van der Waals surface area contributed by atoms with Gasteiger partial charge in [0.25, 0.3) is 0 Å². The highest BCUT2D eigenvalue weighted by Gasteiger charge is 2.39. The minimum Gasteiger partial charge on any atom is -0.481 e. The van der Waals surface area contributed by atoms with Crippen molar-refractivity contribution in [3.63, 3.8) is 0 Å². The zero-order valence-electron chi connectivity index (χ0n) is 14.5. The lowest BCUT2D eigenvalue weighted by molar-refractivity contribution is -0.144. The zero-order valence-corrected chi connectivity index (χ0v) is 15.3. The Labute approximate surface area is 143 Å². The molecule has 134 valence electrons. The average molecular weight is 355 g/mol. The first kappa shape index (κ1) is 20.2. The largest absolute Gasteiger partial charge is 0.481 e. The molecule has 1 amide bonds. The quantitative estimate of drug-likeness (QED) is 0.776. The molecule has 1 aromatic rings. The maximum Gasteiger partial charge on any atom is 0.315 e. The summed E-state index contributed by atoms with van der Waals surface area (Å²) < 4.78 is 23.1. The highest BCUT2D eigenvalue weighted by Crippen LogP contribution is 2.28. The van der Waals surface area contributed by atoms with Gasteiger partial charge < -0.3 is 10.4 Å². The fourth-order valence-corrected chi connectivity index (χ4v) is 3.11. The molecule has 0 radical (unpaired) electrons. The molecule has 7 heteroatoms. The number of hydrogen-bond acceptors (Lipinski definition) is 4. The summed E-state index contributed by atoms with van der Waals surface area (Å²) in [5, 5.41) is 12.2. The summed E-state index contributed by atoms with van der Waals surface area (Å²) in [5.41, 5.74) is -0.721. The van der Waals surface area contributed by atoms with Crippen LogP contribution in [0.15, 0.2) is 30.3 Å². The van der Waals surface area contributed by atoms with Gasteiger partial charge in [-0.3, -0.25) is 9.59 Å². The van der Waals surface area contributed by atoms with Gasteiger partial charge in [0.2, 0.25) is 5.91 Å². The van der Waals surface area contributed by atoms with Gasteiger partial charge in [0, 0.05) is 6.54 Å². The second-order valence-electron chi connectivity index (χ2n) is 6.76. The van der Waals surface area contributed by atoms with Crippen LogP contribution in [0.5, 0.6) is 0 Å². The van der Waals surface area contributed by atoms with Crippen molar-refractivity contribution >= 4 is 21.7 Å². The maximum atomic E-state index is 12.1. The summed E-state index contributed by atoms with van der Waals surface area (Å²) in [6.07, 6.45) is 0.263. The highest BCUT2D eigenvalue weighted by atomic mass is 32.2. The number of sulfone groups is 1. The summed E-state index contributed by atoms with van der Waals surface area (Å²) >= 11 is 0. The van der Waals surface area contributed by atoms with Crippen LogP contribution in [0.25, 0.3) is 0 Å². The summed E-state index contributed by atoms with van der Waals surface area (Å²) in [4.78, 5) is 23.9. The molecule has 0 saturated carbocycles. The smallest absolute Gasteiger partial charge is 0.315 e. The number of amides is 1. The van der Waals surface area contributed by atoms with Gasteiger partial charge in [0.15, 0.2) is 9.84 Å². The van der Waals surface area contributed by atoms with Crippen molar-refractivity contribution in [1.29, 1.82) is 0 Å². The number of carboxylic acids is 1. The fourth-order valence-electron chi connectivity index (χ4n) is 2.23. The van der Waals surface area contributed by atoms with Gasteiger partial charge in [0.1, 0.15) is 11.2 Å². The molecule has 0 spiro atoms. The van der Waals surface area contributed by atoms with E-state index in [4.69, 9.17) is 0 Å². The molecule has 0 fully saturated rings. The third-order valence-corrected chi connectivity index (χ3v) is 6.69. The molecule has 0 aliphatic rings. The molecule has 6 nitrogen and oxygen atoms in total. The second-order valence-corrected chi connectivity index (χ2v) is 9.50. The van der Waals surface area contributed by atoms with Crippen LogP contribution in [0.3, 0.4) is 0 Å². The van der Waals surface area contributed by atoms with E-state index < -0.39 is 37.6 Å². The molecule has 1 aromatic carbocycles. The minimum absolute atomic E-state index is 0.165. The predicted molar refractivity (Wildman–Crippen MR) is 92.6 cm³/mol. The third-order valence-electron chi connectivity index (χ3n) is 4.18. The number of nitrogens with one attached hydrogen (secondary N) is 1. The molecule has 24 heavy (non-hydrogen) atoms. The number of hydrogen-bond donors (Lipinski definition) is 2. The van der Waals surface area contributed by atoms with Crippen LogP contribution < -0.4 is 5.32 Å². The molecule has 1 unspecified atom stereocenters. The Morgan fingerprint density at radius 3 is 2.08 bits per heavy atom. The van der Waals surface area contributed by atoms with E-state index in [0.717, 1.165) is 0 Å². The first-order chi connectivity index (χ1) is 11.0. The molecule has 1 rings (SSSR count). The minimum atomic E-state index is -3.62. The summed E-state index contributed by atoms with van der Waals surface area (Å²) in [5.74, 6) is -2.42. The Balaban J connectivity index is 2.96. The Bertz CT molecular complexity index is 691. The van der Waals surface area contributed by atoms with Crippen LogP contribution in [0.1, 0.15) is 39.7 Å². The SMILES string of the molecule is CCC(CNC(=O)CS(=O)(=O)C(C)(C)C)(C(=O)O)c1ccccc1. The van der Waals surface area contributed by atoms with Crippen LogP contribution in [-0.4, -0.2) is 42.4 Å². The first-order valence-corrected chi connectivity index (χ1v) is 9.39. The maximum absolute atomic E-state index is 12.1. The first-order valence-electron chi connectivity index (χ1n) is 7.74. The van der Waals surface area contributed by atoms with Gasteiger partial charge in [-0.25, -0.2) is 8.42 Å². The van der Waals surface area contributed by atoms with Gasteiger partial charge in [-0.05, 0) is 32.8 Å². The molecule has 0 bridgehead atoms. The van der Waals surface area contributed by atoms with E-state index in [-0.39, 0.29) is 13.0 Å². The van der Waals surface area contributed by atoms with Gasteiger partial charge in [0.05, 0.1) is 4.75 Å². The molecular formula is C17H25NO5S. The average Bonchev–Trinajstić information content (AvgIpc) is 2.47. The second kappa shape index (κ2) is 7.34. The van der Waals surface area contributed by atoms with E-state index in [1.54, 1.807) is 37.3 Å². The molecule has 2 N–H and O–H groups in total. The lowest BCUT2D eigenvalue weighted by atomic mass is 9.78. The topological polar surface area (TPSA) is 101 Å². The number of carbonyl (C=O) groups is 2. The Hall–Kier alpha value is -1.89. The molecule has 1 atom stereocenters. The van der Waals surface area contributed by atoms with Crippen molar-refractivity contribution in [2.75, 3.05) is 12.3 Å².